The molecule has 8 nitrogen and oxygen atoms in total. The number of nitrogens with two attached hydrogens (primary N) is 1. The fourth-order valence-electron chi connectivity index (χ4n) is 2.85. The second kappa shape index (κ2) is 10.4. The van der Waals surface area contributed by atoms with Gasteiger partial charge < -0.3 is 10.5 Å². The zero-order valence-electron chi connectivity index (χ0n) is 17.0. The summed E-state index contributed by atoms with van der Waals surface area (Å²) in [7, 11) is 0. The number of hydrogen-bond acceptors (Lipinski definition) is 6. The fraction of sp³-hybridized carbons (Fsp3) is 0.182. The molecule has 160 valence electrons. The maximum atomic E-state index is 12.0. The van der Waals surface area contributed by atoms with Crippen LogP contribution in [0, 0.1) is 0 Å². The standard InChI is InChI=1S/C22H23N5O3S/c1-3-13-27-19(25-26-22(27)31-15(2)20(28)24-21(23)29)14-30-18-12-8-7-11-17(18)16-9-5-4-6-10-16/h3-12,15H,1,13-14H2,2H3,(H3,23,24,28,29)/t15-/m1/s1. The van der Waals surface area contributed by atoms with Crippen molar-refractivity contribution in [3.05, 3.63) is 73.1 Å². The normalized spacial score (nSPS) is 11.5. The van der Waals surface area contributed by atoms with Crippen molar-refractivity contribution in [2.45, 2.75) is 30.5 Å². The molecule has 0 fully saturated rings. The molecule has 1 atom stereocenters. The van der Waals surface area contributed by atoms with Crippen LogP contribution in [-0.4, -0.2) is 32.0 Å². The molecular weight excluding hydrogens is 414 g/mol. The molecule has 3 N–H and O–H groups in total. The predicted octanol–water partition coefficient (Wildman–Crippen LogP) is 3.39. The van der Waals surface area contributed by atoms with Crippen molar-refractivity contribution in [3.8, 4) is 16.9 Å². The van der Waals surface area contributed by atoms with E-state index in [1.54, 1.807) is 13.0 Å². The molecule has 0 saturated carbocycles. The van der Waals surface area contributed by atoms with Crippen LogP contribution in [-0.2, 0) is 17.9 Å². The van der Waals surface area contributed by atoms with E-state index in [4.69, 9.17) is 10.5 Å². The third kappa shape index (κ3) is 5.73. The number of rotatable bonds is 9. The number of nitrogens with one attached hydrogen (secondary N) is 1. The van der Waals surface area contributed by atoms with E-state index < -0.39 is 17.2 Å². The van der Waals surface area contributed by atoms with Gasteiger partial charge in [0.05, 0.1) is 5.25 Å². The van der Waals surface area contributed by atoms with Crippen LogP contribution in [0.2, 0.25) is 0 Å². The summed E-state index contributed by atoms with van der Waals surface area (Å²) in [6.45, 7) is 6.06. The van der Waals surface area contributed by atoms with Crippen LogP contribution in [0.1, 0.15) is 12.7 Å². The van der Waals surface area contributed by atoms with Gasteiger partial charge >= 0.3 is 6.03 Å². The molecule has 9 heteroatoms. The summed E-state index contributed by atoms with van der Waals surface area (Å²) in [4.78, 5) is 22.9. The summed E-state index contributed by atoms with van der Waals surface area (Å²) in [5, 5.41) is 10.4. The highest BCUT2D eigenvalue weighted by Gasteiger charge is 2.21. The highest BCUT2D eigenvalue weighted by Crippen LogP contribution is 2.30. The molecule has 0 aliphatic heterocycles. The number of carbonyl (C=O) groups is 2. The zero-order chi connectivity index (χ0) is 22.2. The molecule has 3 rings (SSSR count). The van der Waals surface area contributed by atoms with Crippen LogP contribution < -0.4 is 15.8 Å². The number of carbonyl (C=O) groups excluding carboxylic acids is 2. The third-order valence-corrected chi connectivity index (χ3v) is 5.41. The monoisotopic (exact) mass is 437 g/mol. The third-order valence-electron chi connectivity index (χ3n) is 4.33. The first kappa shape index (κ1) is 22.1. The molecule has 0 spiro atoms. The molecule has 0 radical (unpaired) electrons. The van der Waals surface area contributed by atoms with Gasteiger partial charge in [-0.15, -0.1) is 16.8 Å². The number of urea groups is 1. The number of hydrogen-bond donors (Lipinski definition) is 2. The lowest BCUT2D eigenvalue weighted by Gasteiger charge is -2.13. The van der Waals surface area contributed by atoms with Crippen molar-refractivity contribution in [2.75, 3.05) is 0 Å². The largest absolute Gasteiger partial charge is 0.485 e. The SMILES string of the molecule is C=CCn1c(COc2ccccc2-c2ccccc2)nnc1S[C@H](C)C(=O)NC(N)=O. The minimum atomic E-state index is -0.892. The van der Waals surface area contributed by atoms with E-state index in [9.17, 15) is 9.59 Å². The van der Waals surface area contributed by atoms with Gasteiger partial charge in [0.2, 0.25) is 5.91 Å². The number of nitrogens with zero attached hydrogens (tertiary/aromatic N) is 3. The number of thioether (sulfide) groups is 1. The first-order valence-corrected chi connectivity index (χ1v) is 10.4. The Kier molecular flexibility index (Phi) is 7.45. The quantitative estimate of drug-likeness (QED) is 0.392. The molecule has 0 unspecified atom stereocenters. The Morgan fingerprint density at radius 3 is 2.61 bits per heavy atom. The summed E-state index contributed by atoms with van der Waals surface area (Å²) in [5.41, 5.74) is 7.04. The second-order valence-corrected chi connectivity index (χ2v) is 7.87. The van der Waals surface area contributed by atoms with Gasteiger partial charge in [-0.3, -0.25) is 14.7 Å². The Balaban J connectivity index is 1.77. The number of amides is 3. The van der Waals surface area contributed by atoms with Crippen molar-refractivity contribution >= 4 is 23.7 Å². The van der Waals surface area contributed by atoms with Gasteiger partial charge in [0.15, 0.2) is 11.0 Å². The number of imide groups is 1. The van der Waals surface area contributed by atoms with Crippen LogP contribution in [0.4, 0.5) is 4.79 Å². The maximum Gasteiger partial charge on any atom is 0.318 e. The van der Waals surface area contributed by atoms with E-state index in [0.29, 0.717) is 17.5 Å². The first-order chi connectivity index (χ1) is 15.0. The molecule has 2 aromatic carbocycles. The molecule has 1 aromatic heterocycles. The molecule has 3 aromatic rings. The Hall–Kier alpha value is -3.59. The average molecular weight is 438 g/mol. The molecule has 0 saturated heterocycles. The Morgan fingerprint density at radius 2 is 1.90 bits per heavy atom. The summed E-state index contributed by atoms with van der Waals surface area (Å²) < 4.78 is 7.89. The Morgan fingerprint density at radius 1 is 1.19 bits per heavy atom. The van der Waals surface area contributed by atoms with Crippen LogP contribution in [0.5, 0.6) is 5.75 Å². The topological polar surface area (TPSA) is 112 Å². The molecule has 3 amide bonds. The van der Waals surface area contributed by atoms with E-state index in [-0.39, 0.29) is 6.61 Å². The lowest BCUT2D eigenvalue weighted by atomic mass is 10.1. The van der Waals surface area contributed by atoms with Gasteiger partial charge in [-0.2, -0.15) is 0 Å². The van der Waals surface area contributed by atoms with Gasteiger partial charge in [-0.25, -0.2) is 4.79 Å². The van der Waals surface area contributed by atoms with Gasteiger partial charge in [-0.1, -0.05) is 66.4 Å². The average Bonchev–Trinajstić information content (AvgIpc) is 3.14. The van der Waals surface area contributed by atoms with Crippen molar-refractivity contribution < 1.29 is 14.3 Å². The van der Waals surface area contributed by atoms with Gasteiger partial charge in [0.1, 0.15) is 12.4 Å². The molecular formula is C22H23N5O3S. The van der Waals surface area contributed by atoms with E-state index in [1.807, 2.05) is 59.2 Å². The second-order valence-electron chi connectivity index (χ2n) is 6.56. The van der Waals surface area contributed by atoms with Crippen LogP contribution >= 0.6 is 11.8 Å². The maximum absolute atomic E-state index is 12.0. The van der Waals surface area contributed by atoms with Gasteiger partial charge in [0.25, 0.3) is 0 Å². The van der Waals surface area contributed by atoms with Crippen molar-refractivity contribution in [3.63, 3.8) is 0 Å². The van der Waals surface area contributed by atoms with Crippen LogP contribution in [0.15, 0.2) is 72.4 Å². The lowest BCUT2D eigenvalue weighted by Crippen LogP contribution is -2.39. The fourth-order valence-corrected chi connectivity index (χ4v) is 3.73. The van der Waals surface area contributed by atoms with E-state index in [1.165, 1.54) is 11.8 Å². The summed E-state index contributed by atoms with van der Waals surface area (Å²) >= 11 is 1.17. The van der Waals surface area contributed by atoms with E-state index >= 15 is 0 Å². The molecule has 1 heterocycles. The molecule has 31 heavy (non-hydrogen) atoms. The molecule has 0 aliphatic carbocycles. The molecule has 0 bridgehead atoms. The smallest absolute Gasteiger partial charge is 0.318 e. The Labute approximate surface area is 184 Å². The number of primary amides is 1. The van der Waals surface area contributed by atoms with Gasteiger partial charge in [-0.05, 0) is 18.6 Å². The minimum absolute atomic E-state index is 0.188. The van der Waals surface area contributed by atoms with Crippen molar-refractivity contribution in [1.29, 1.82) is 0 Å². The summed E-state index contributed by atoms with van der Waals surface area (Å²) in [6.07, 6.45) is 1.71. The van der Waals surface area contributed by atoms with E-state index in [0.717, 1.165) is 16.9 Å². The van der Waals surface area contributed by atoms with Crippen LogP contribution in [0.25, 0.3) is 11.1 Å². The lowest BCUT2D eigenvalue weighted by molar-refractivity contribution is -0.119. The number of para-hydroxylation sites is 1. The highest BCUT2D eigenvalue weighted by atomic mass is 32.2. The number of ether oxygens (including phenoxy) is 1. The van der Waals surface area contributed by atoms with Crippen LogP contribution in [0.3, 0.4) is 0 Å². The van der Waals surface area contributed by atoms with Gasteiger partial charge in [0, 0.05) is 12.1 Å². The van der Waals surface area contributed by atoms with Crippen molar-refractivity contribution in [2.24, 2.45) is 5.73 Å². The molecule has 0 aliphatic rings. The number of allylic oxidation sites excluding steroid dienone is 1. The van der Waals surface area contributed by atoms with Crippen molar-refractivity contribution in [1.82, 2.24) is 20.1 Å². The zero-order valence-corrected chi connectivity index (χ0v) is 17.8. The first-order valence-electron chi connectivity index (χ1n) is 9.56. The summed E-state index contributed by atoms with van der Waals surface area (Å²) in [6, 6.07) is 16.9. The Bertz CT molecular complexity index is 1070. The summed E-state index contributed by atoms with van der Waals surface area (Å²) in [5.74, 6) is 0.818. The number of aromatic nitrogens is 3. The number of benzene rings is 2. The highest BCUT2D eigenvalue weighted by molar-refractivity contribution is 8.00. The van der Waals surface area contributed by atoms with E-state index in [2.05, 4.69) is 22.1 Å². The predicted molar refractivity (Wildman–Crippen MR) is 119 cm³/mol. The minimum Gasteiger partial charge on any atom is -0.485 e.